The van der Waals surface area contributed by atoms with Crippen LogP contribution in [0.4, 0.5) is 4.79 Å². The topological polar surface area (TPSA) is 123 Å². The minimum Gasteiger partial charge on any atom is -0.479 e. The lowest BCUT2D eigenvalue weighted by Gasteiger charge is -2.22. The fraction of sp³-hybridized carbons (Fsp3) is 0.400. The molecule has 2 aromatic carbocycles. The number of aliphatic carboxylic acids is 1. The van der Waals surface area contributed by atoms with Crippen LogP contribution in [0.25, 0.3) is 11.1 Å². The van der Waals surface area contributed by atoms with Gasteiger partial charge in [0.25, 0.3) is 0 Å². The van der Waals surface area contributed by atoms with Crippen LogP contribution in [0, 0.1) is 0 Å². The predicted molar refractivity (Wildman–Crippen MR) is 122 cm³/mol. The Labute approximate surface area is 197 Å². The summed E-state index contributed by atoms with van der Waals surface area (Å²) in [5, 5.41) is 14.5. The molecule has 0 radical (unpaired) electrons. The number of alkyl carbamates (subject to hydrolysis) is 1. The van der Waals surface area contributed by atoms with Crippen molar-refractivity contribution >= 4 is 18.0 Å². The monoisotopic (exact) mass is 468 g/mol. The van der Waals surface area contributed by atoms with Crippen molar-refractivity contribution in [1.29, 1.82) is 0 Å². The molecule has 1 heterocycles. The Morgan fingerprint density at radius 2 is 1.74 bits per heavy atom. The maximum absolute atomic E-state index is 12.8. The van der Waals surface area contributed by atoms with E-state index in [2.05, 4.69) is 22.8 Å². The highest BCUT2D eigenvalue weighted by Crippen LogP contribution is 2.44. The molecule has 1 aliphatic carbocycles. The van der Waals surface area contributed by atoms with Crippen molar-refractivity contribution in [2.24, 2.45) is 0 Å². The number of carbonyl (C=O) groups is 3. The summed E-state index contributed by atoms with van der Waals surface area (Å²) < 4.78 is 15.8. The van der Waals surface area contributed by atoms with Crippen molar-refractivity contribution in [1.82, 2.24) is 10.6 Å². The number of methoxy groups -OCH3 is 1. The molecule has 0 saturated carbocycles. The van der Waals surface area contributed by atoms with Crippen LogP contribution in [0.3, 0.4) is 0 Å². The molecule has 1 unspecified atom stereocenters. The number of carbonyl (C=O) groups excluding carboxylic acids is 2. The second-order valence-corrected chi connectivity index (χ2v) is 8.34. The molecular formula is C25H28N2O7. The summed E-state index contributed by atoms with van der Waals surface area (Å²) in [4.78, 5) is 36.8. The molecule has 34 heavy (non-hydrogen) atoms. The molecule has 0 aromatic heterocycles. The second-order valence-electron chi connectivity index (χ2n) is 8.34. The molecule has 3 atom stereocenters. The predicted octanol–water partition coefficient (Wildman–Crippen LogP) is 2.29. The average Bonchev–Trinajstić information content (AvgIpc) is 3.43. The van der Waals surface area contributed by atoms with E-state index < -0.39 is 36.2 Å². The van der Waals surface area contributed by atoms with Gasteiger partial charge in [-0.3, -0.25) is 4.79 Å². The molecule has 2 aromatic rings. The summed E-state index contributed by atoms with van der Waals surface area (Å²) >= 11 is 0. The number of fused-ring (bicyclic) bond motifs is 3. The first kappa shape index (κ1) is 23.7. The summed E-state index contributed by atoms with van der Waals surface area (Å²) in [5.41, 5.74) is 4.42. The molecule has 2 aliphatic rings. The van der Waals surface area contributed by atoms with Crippen LogP contribution in [0.2, 0.25) is 0 Å². The number of benzene rings is 2. The Morgan fingerprint density at radius 1 is 1.09 bits per heavy atom. The Kier molecular flexibility index (Phi) is 7.44. The summed E-state index contributed by atoms with van der Waals surface area (Å²) in [6, 6.07) is 14.4. The van der Waals surface area contributed by atoms with Crippen molar-refractivity contribution in [2.75, 3.05) is 26.9 Å². The molecule has 9 nitrogen and oxygen atoms in total. The highest BCUT2D eigenvalue weighted by molar-refractivity contribution is 5.87. The molecule has 1 fully saturated rings. The van der Waals surface area contributed by atoms with Gasteiger partial charge in [0.2, 0.25) is 5.91 Å². The Balaban J connectivity index is 1.39. The normalized spacial score (nSPS) is 19.7. The fourth-order valence-corrected chi connectivity index (χ4v) is 4.55. The van der Waals surface area contributed by atoms with E-state index in [1.807, 2.05) is 36.4 Å². The van der Waals surface area contributed by atoms with E-state index in [0.29, 0.717) is 6.42 Å². The number of carboxylic acid groups (broad SMARTS) is 1. The summed E-state index contributed by atoms with van der Waals surface area (Å²) in [6.45, 7) is 0.589. The number of nitrogens with one attached hydrogen (secondary N) is 2. The standard InChI is InChI=1S/C25H28N2O7/c1-32-12-10-21(23(28)26-20-11-13-33-22(20)24(29)30)27-25(31)34-14-19-17-8-4-2-6-15(17)16-7-3-5-9-18(16)19/h2-9,19-22H,10-14H2,1H3,(H,26,28)(H,27,31)(H,29,30)/t20-,21?,22+/m0/s1. The van der Waals surface area contributed by atoms with Crippen LogP contribution in [0.5, 0.6) is 0 Å². The third kappa shape index (κ3) is 5.05. The van der Waals surface area contributed by atoms with Crippen molar-refractivity contribution in [3.05, 3.63) is 59.7 Å². The van der Waals surface area contributed by atoms with Gasteiger partial charge in [-0.1, -0.05) is 48.5 Å². The zero-order valence-corrected chi connectivity index (χ0v) is 18.9. The lowest BCUT2D eigenvalue weighted by atomic mass is 9.98. The molecule has 0 bridgehead atoms. The van der Waals surface area contributed by atoms with Gasteiger partial charge in [-0.25, -0.2) is 9.59 Å². The lowest BCUT2D eigenvalue weighted by molar-refractivity contribution is -0.148. The summed E-state index contributed by atoms with van der Waals surface area (Å²) in [5.74, 6) is -1.75. The van der Waals surface area contributed by atoms with Crippen LogP contribution >= 0.6 is 0 Å². The quantitative estimate of drug-likeness (QED) is 0.516. The van der Waals surface area contributed by atoms with Crippen LogP contribution < -0.4 is 10.6 Å². The van der Waals surface area contributed by atoms with Crippen molar-refractivity contribution in [3.8, 4) is 11.1 Å². The number of rotatable bonds is 9. The van der Waals surface area contributed by atoms with Gasteiger partial charge < -0.3 is 30.0 Å². The van der Waals surface area contributed by atoms with Crippen molar-refractivity contribution < 1.29 is 33.7 Å². The van der Waals surface area contributed by atoms with Gasteiger partial charge in [-0.2, -0.15) is 0 Å². The van der Waals surface area contributed by atoms with Gasteiger partial charge >= 0.3 is 12.1 Å². The van der Waals surface area contributed by atoms with Crippen LogP contribution in [-0.4, -0.2) is 68.2 Å². The second kappa shape index (κ2) is 10.7. The van der Waals surface area contributed by atoms with E-state index in [4.69, 9.17) is 14.2 Å². The van der Waals surface area contributed by atoms with E-state index in [-0.39, 0.29) is 32.2 Å². The van der Waals surface area contributed by atoms with E-state index in [9.17, 15) is 19.5 Å². The summed E-state index contributed by atoms with van der Waals surface area (Å²) in [6.07, 6.45) is -1.25. The highest BCUT2D eigenvalue weighted by Gasteiger charge is 2.37. The molecule has 180 valence electrons. The average molecular weight is 469 g/mol. The Hall–Kier alpha value is -3.43. The van der Waals surface area contributed by atoms with Gasteiger partial charge in [-0.15, -0.1) is 0 Å². The molecule has 2 amide bonds. The number of carboxylic acids is 1. The molecular weight excluding hydrogens is 440 g/mol. The Bertz CT molecular complexity index is 1010. The van der Waals surface area contributed by atoms with Crippen LogP contribution in [0.1, 0.15) is 29.9 Å². The molecule has 3 N–H and O–H groups in total. The van der Waals surface area contributed by atoms with Gasteiger partial charge in [0.1, 0.15) is 12.6 Å². The largest absolute Gasteiger partial charge is 0.479 e. The number of ether oxygens (including phenoxy) is 3. The van der Waals surface area contributed by atoms with E-state index in [1.165, 1.54) is 7.11 Å². The zero-order chi connectivity index (χ0) is 24.1. The van der Waals surface area contributed by atoms with Crippen LogP contribution in [-0.2, 0) is 23.8 Å². The zero-order valence-electron chi connectivity index (χ0n) is 18.9. The van der Waals surface area contributed by atoms with Gasteiger partial charge in [0.05, 0.1) is 6.04 Å². The molecule has 0 spiro atoms. The first-order valence-electron chi connectivity index (χ1n) is 11.2. The minimum absolute atomic E-state index is 0.101. The maximum atomic E-state index is 12.8. The smallest absolute Gasteiger partial charge is 0.407 e. The Morgan fingerprint density at radius 3 is 2.35 bits per heavy atom. The lowest BCUT2D eigenvalue weighted by Crippen LogP contribution is -2.53. The fourth-order valence-electron chi connectivity index (χ4n) is 4.55. The third-order valence-corrected chi connectivity index (χ3v) is 6.23. The SMILES string of the molecule is COCCC(NC(=O)OCC1c2ccccc2-c2ccccc21)C(=O)N[C@H]1CCO[C@H]1C(=O)O. The van der Waals surface area contributed by atoms with E-state index in [0.717, 1.165) is 22.3 Å². The molecule has 1 saturated heterocycles. The van der Waals surface area contributed by atoms with Crippen LogP contribution in [0.15, 0.2) is 48.5 Å². The molecule has 1 aliphatic heterocycles. The van der Waals surface area contributed by atoms with E-state index in [1.54, 1.807) is 0 Å². The van der Waals surface area contributed by atoms with Gasteiger partial charge in [-0.05, 0) is 28.7 Å². The van der Waals surface area contributed by atoms with Gasteiger partial charge in [0.15, 0.2) is 6.10 Å². The maximum Gasteiger partial charge on any atom is 0.407 e. The van der Waals surface area contributed by atoms with Crippen molar-refractivity contribution in [3.63, 3.8) is 0 Å². The highest BCUT2D eigenvalue weighted by atomic mass is 16.5. The van der Waals surface area contributed by atoms with E-state index >= 15 is 0 Å². The number of hydrogen-bond donors (Lipinski definition) is 3. The first-order valence-corrected chi connectivity index (χ1v) is 11.2. The first-order chi connectivity index (χ1) is 16.5. The molecule has 9 heteroatoms. The third-order valence-electron chi connectivity index (χ3n) is 6.23. The molecule has 4 rings (SSSR count). The number of hydrogen-bond acceptors (Lipinski definition) is 6. The minimum atomic E-state index is -1.14. The van der Waals surface area contributed by atoms with Gasteiger partial charge in [0, 0.05) is 32.7 Å². The van der Waals surface area contributed by atoms with Crippen molar-refractivity contribution in [2.45, 2.75) is 36.9 Å². The number of amides is 2. The summed E-state index contributed by atoms with van der Waals surface area (Å²) in [7, 11) is 1.49.